The normalized spacial score (nSPS) is 16.2. The quantitative estimate of drug-likeness (QED) is 0.201. The summed E-state index contributed by atoms with van der Waals surface area (Å²) >= 11 is 0. The number of fused-ring (bicyclic) bond motifs is 8. The second kappa shape index (κ2) is 9.81. The van der Waals surface area contributed by atoms with Crippen LogP contribution in [-0.4, -0.2) is 0 Å². The molecule has 1 fully saturated rings. The zero-order valence-corrected chi connectivity index (χ0v) is 26.1. The van der Waals surface area contributed by atoms with Gasteiger partial charge < -0.3 is 4.90 Å². The van der Waals surface area contributed by atoms with Crippen molar-refractivity contribution in [1.82, 2.24) is 0 Å². The highest BCUT2D eigenvalue weighted by Gasteiger charge is 2.45. The molecule has 0 bridgehead atoms. The van der Waals surface area contributed by atoms with Crippen molar-refractivity contribution < 1.29 is 0 Å². The van der Waals surface area contributed by atoms with Crippen LogP contribution in [0.3, 0.4) is 0 Å². The van der Waals surface area contributed by atoms with Crippen LogP contribution < -0.4 is 4.90 Å². The maximum absolute atomic E-state index is 2.51. The van der Waals surface area contributed by atoms with E-state index in [2.05, 4.69) is 158 Å². The monoisotopic (exact) mass is 579 g/mol. The smallest absolute Gasteiger partial charge is 0.0467 e. The second-order valence-corrected chi connectivity index (χ2v) is 13.7. The van der Waals surface area contributed by atoms with E-state index in [1.807, 2.05) is 0 Å². The third-order valence-corrected chi connectivity index (χ3v) is 11.0. The van der Waals surface area contributed by atoms with Crippen molar-refractivity contribution in [2.45, 2.75) is 50.4 Å². The summed E-state index contributed by atoms with van der Waals surface area (Å²) < 4.78 is 0. The zero-order chi connectivity index (χ0) is 30.2. The van der Waals surface area contributed by atoms with Gasteiger partial charge in [0.2, 0.25) is 0 Å². The largest absolute Gasteiger partial charge is 0.310 e. The third kappa shape index (κ3) is 3.80. The van der Waals surface area contributed by atoms with E-state index in [9.17, 15) is 0 Å². The molecule has 3 aliphatic carbocycles. The number of nitrogens with zero attached hydrogens (tertiary/aromatic N) is 1. The minimum Gasteiger partial charge on any atom is -0.310 e. The van der Waals surface area contributed by atoms with Crippen molar-refractivity contribution >= 4 is 17.1 Å². The standard InChI is InChI=1S/C44H37N/c1-43(2)39-22-8-6-19-36(39)38-21-13-20-34(42(38)43)30-14-12-17-32(28-30)45(31-15-4-3-5-16-31)33-24-25-37-35-18-7-9-23-40(35)44(41(37)29-33)26-10-11-27-44/h3-9,12-25,28-29H,10-11,26-27H2,1-2H3. The van der Waals surface area contributed by atoms with E-state index in [0.29, 0.717) is 0 Å². The first-order chi connectivity index (χ1) is 22.1. The number of para-hydroxylation sites is 1. The van der Waals surface area contributed by atoms with Crippen LogP contribution in [0.15, 0.2) is 140 Å². The molecule has 0 atom stereocenters. The molecule has 1 spiro atoms. The van der Waals surface area contributed by atoms with E-state index in [1.54, 1.807) is 0 Å². The van der Waals surface area contributed by atoms with Crippen LogP contribution in [0.25, 0.3) is 33.4 Å². The lowest BCUT2D eigenvalue weighted by atomic mass is 9.76. The van der Waals surface area contributed by atoms with E-state index in [-0.39, 0.29) is 10.8 Å². The Labute approximate surface area is 266 Å². The van der Waals surface area contributed by atoms with Crippen molar-refractivity contribution in [2.24, 2.45) is 0 Å². The SMILES string of the molecule is CC1(C)c2ccccc2-c2cccc(-c3cccc(N(c4ccccc4)c4ccc5c(c4)C4(CCCC4)c4ccccc4-5)c3)c21. The summed E-state index contributed by atoms with van der Waals surface area (Å²) in [7, 11) is 0. The molecule has 0 unspecified atom stereocenters. The van der Waals surface area contributed by atoms with Gasteiger partial charge in [0.05, 0.1) is 0 Å². The molecule has 9 rings (SSSR count). The fourth-order valence-electron chi connectivity index (χ4n) is 9.02. The Balaban J connectivity index is 1.21. The summed E-state index contributed by atoms with van der Waals surface area (Å²) in [4.78, 5) is 2.46. The van der Waals surface area contributed by atoms with Crippen LogP contribution in [-0.2, 0) is 10.8 Å². The summed E-state index contributed by atoms with van der Waals surface area (Å²) in [5, 5.41) is 0. The van der Waals surface area contributed by atoms with E-state index in [1.165, 1.54) is 98.4 Å². The van der Waals surface area contributed by atoms with Gasteiger partial charge in [0.1, 0.15) is 0 Å². The summed E-state index contributed by atoms with van der Waals surface area (Å²) in [5.41, 5.74) is 17.7. The van der Waals surface area contributed by atoms with Crippen molar-refractivity contribution in [3.63, 3.8) is 0 Å². The van der Waals surface area contributed by atoms with Crippen LogP contribution in [0.5, 0.6) is 0 Å². The van der Waals surface area contributed by atoms with Gasteiger partial charge in [-0.2, -0.15) is 0 Å². The summed E-state index contributed by atoms with van der Waals surface area (Å²) in [6.07, 6.45) is 5.06. The molecule has 0 aliphatic heterocycles. The van der Waals surface area contributed by atoms with Crippen molar-refractivity contribution in [2.75, 3.05) is 4.90 Å². The number of anilines is 3. The average Bonchev–Trinajstić information content (AvgIpc) is 3.75. The summed E-state index contributed by atoms with van der Waals surface area (Å²) in [6.45, 7) is 4.76. The summed E-state index contributed by atoms with van der Waals surface area (Å²) in [6, 6.07) is 52.2. The molecule has 6 aromatic carbocycles. The van der Waals surface area contributed by atoms with Crippen LogP contribution >= 0.6 is 0 Å². The highest BCUT2D eigenvalue weighted by atomic mass is 15.1. The van der Waals surface area contributed by atoms with E-state index < -0.39 is 0 Å². The molecule has 45 heavy (non-hydrogen) atoms. The molecule has 0 amide bonds. The minimum atomic E-state index is -0.0672. The summed E-state index contributed by atoms with van der Waals surface area (Å²) in [5.74, 6) is 0. The molecular formula is C44H37N. The highest BCUT2D eigenvalue weighted by Crippen LogP contribution is 2.58. The number of hydrogen-bond donors (Lipinski definition) is 0. The highest BCUT2D eigenvalue weighted by molar-refractivity contribution is 5.90. The fourth-order valence-corrected chi connectivity index (χ4v) is 9.02. The average molecular weight is 580 g/mol. The second-order valence-electron chi connectivity index (χ2n) is 13.7. The molecule has 6 aromatic rings. The Hall–Kier alpha value is -4.88. The molecule has 0 radical (unpaired) electrons. The van der Waals surface area contributed by atoms with Gasteiger partial charge in [0.15, 0.2) is 0 Å². The predicted octanol–water partition coefficient (Wildman–Crippen LogP) is 12.0. The van der Waals surface area contributed by atoms with Gasteiger partial charge in [-0.05, 0) is 105 Å². The maximum Gasteiger partial charge on any atom is 0.0467 e. The minimum absolute atomic E-state index is 0.0672. The van der Waals surface area contributed by atoms with Gasteiger partial charge in [-0.25, -0.2) is 0 Å². The van der Waals surface area contributed by atoms with Gasteiger partial charge in [-0.1, -0.05) is 130 Å². The Morgan fingerprint density at radius 2 is 1.02 bits per heavy atom. The molecule has 0 N–H and O–H groups in total. The molecule has 3 aliphatic rings. The molecule has 1 saturated carbocycles. The lowest BCUT2D eigenvalue weighted by molar-refractivity contribution is 0.550. The van der Waals surface area contributed by atoms with Gasteiger partial charge in [0.25, 0.3) is 0 Å². The van der Waals surface area contributed by atoms with Gasteiger partial charge in [0, 0.05) is 27.9 Å². The van der Waals surface area contributed by atoms with Crippen LogP contribution in [0.2, 0.25) is 0 Å². The van der Waals surface area contributed by atoms with Crippen LogP contribution in [0.1, 0.15) is 61.8 Å². The first-order valence-corrected chi connectivity index (χ1v) is 16.5. The topological polar surface area (TPSA) is 3.24 Å². The maximum atomic E-state index is 2.51. The molecule has 0 heterocycles. The molecule has 218 valence electrons. The van der Waals surface area contributed by atoms with Crippen LogP contribution in [0, 0.1) is 0 Å². The van der Waals surface area contributed by atoms with E-state index >= 15 is 0 Å². The predicted molar refractivity (Wildman–Crippen MR) is 189 cm³/mol. The first-order valence-electron chi connectivity index (χ1n) is 16.5. The fraction of sp³-hybridized carbons (Fsp3) is 0.182. The van der Waals surface area contributed by atoms with E-state index in [4.69, 9.17) is 0 Å². The Bertz CT molecular complexity index is 2090. The molecular weight excluding hydrogens is 542 g/mol. The van der Waals surface area contributed by atoms with Crippen LogP contribution in [0.4, 0.5) is 17.1 Å². The van der Waals surface area contributed by atoms with Crippen molar-refractivity contribution in [3.05, 3.63) is 162 Å². The van der Waals surface area contributed by atoms with Gasteiger partial charge >= 0.3 is 0 Å². The number of benzene rings is 6. The number of hydrogen-bond acceptors (Lipinski definition) is 1. The lowest BCUT2D eigenvalue weighted by Gasteiger charge is -2.30. The molecule has 1 nitrogen and oxygen atoms in total. The Morgan fingerprint density at radius 3 is 1.82 bits per heavy atom. The van der Waals surface area contributed by atoms with Gasteiger partial charge in [-0.3, -0.25) is 0 Å². The van der Waals surface area contributed by atoms with Gasteiger partial charge in [-0.15, -0.1) is 0 Å². The van der Waals surface area contributed by atoms with E-state index in [0.717, 1.165) is 0 Å². The Kier molecular flexibility index (Phi) is 5.78. The molecule has 1 heteroatoms. The van der Waals surface area contributed by atoms with Crippen molar-refractivity contribution in [3.8, 4) is 33.4 Å². The zero-order valence-electron chi connectivity index (χ0n) is 26.1. The Morgan fingerprint density at radius 1 is 0.444 bits per heavy atom. The first kappa shape index (κ1) is 26.5. The molecule has 0 saturated heterocycles. The molecule has 0 aromatic heterocycles. The van der Waals surface area contributed by atoms with Crippen molar-refractivity contribution in [1.29, 1.82) is 0 Å². The third-order valence-electron chi connectivity index (χ3n) is 11.0. The number of rotatable bonds is 4. The lowest BCUT2D eigenvalue weighted by Crippen LogP contribution is -2.21.